The van der Waals surface area contributed by atoms with Gasteiger partial charge in [-0.15, -0.1) is 0 Å². The molecule has 11 heteroatoms. The minimum atomic E-state index is -0.230. The van der Waals surface area contributed by atoms with Crippen LogP contribution in [0.3, 0.4) is 0 Å². The third kappa shape index (κ3) is 5.51. The summed E-state index contributed by atoms with van der Waals surface area (Å²) in [5.74, 6) is 0.304. The monoisotopic (exact) mass is 497 g/mol. The summed E-state index contributed by atoms with van der Waals surface area (Å²) in [5.41, 5.74) is 7.76. The Labute approximate surface area is 205 Å². The van der Waals surface area contributed by atoms with Crippen LogP contribution >= 0.6 is 11.6 Å². The van der Waals surface area contributed by atoms with Crippen LogP contribution < -0.4 is 15.8 Å². The highest BCUT2D eigenvalue weighted by Gasteiger charge is 2.33. The molecule has 0 unspecified atom stereocenters. The zero-order valence-corrected chi connectivity index (χ0v) is 20.7. The van der Waals surface area contributed by atoms with E-state index in [9.17, 15) is 9.59 Å². The number of likely N-dealkylation sites (N-methyl/N-ethyl adjacent to an activating group) is 1. The Morgan fingerprint density at radius 3 is 2.76 bits per heavy atom. The lowest BCUT2D eigenvalue weighted by Gasteiger charge is -2.38. The number of likely N-dealkylation sites (tertiary alicyclic amines) is 2. The van der Waals surface area contributed by atoms with Crippen molar-refractivity contribution in [3.05, 3.63) is 22.2 Å². The zero-order chi connectivity index (χ0) is 23.5. The summed E-state index contributed by atoms with van der Waals surface area (Å²) in [7, 11) is 3.52. The number of methoxy groups -OCH3 is 1. The SMILES string of the molecule is CO[C@H]1CN(CCN(C)C(=O)N2CCCC2)CC[C@H]1NC(=O)c1cc(Cl)c(N)c2c1OCC2.O. The summed E-state index contributed by atoms with van der Waals surface area (Å²) >= 11 is 6.26. The van der Waals surface area contributed by atoms with Crippen LogP contribution in [0, 0.1) is 0 Å². The molecule has 10 nitrogen and oxygen atoms in total. The number of nitrogens with zero attached hydrogens (tertiary/aromatic N) is 3. The first-order valence-corrected chi connectivity index (χ1v) is 12.1. The summed E-state index contributed by atoms with van der Waals surface area (Å²) in [5, 5.41) is 3.48. The lowest BCUT2D eigenvalue weighted by Crippen LogP contribution is -2.56. The van der Waals surface area contributed by atoms with Gasteiger partial charge in [0.15, 0.2) is 0 Å². The van der Waals surface area contributed by atoms with E-state index < -0.39 is 0 Å². The van der Waals surface area contributed by atoms with Gasteiger partial charge in [-0.05, 0) is 25.3 Å². The number of carbonyl (C=O) groups excluding carboxylic acids is 2. The average molecular weight is 498 g/mol. The maximum Gasteiger partial charge on any atom is 0.319 e. The number of nitrogens with two attached hydrogens (primary N) is 1. The Balaban J connectivity index is 0.00000324. The first-order chi connectivity index (χ1) is 15.9. The number of urea groups is 1. The van der Waals surface area contributed by atoms with E-state index in [2.05, 4.69) is 10.2 Å². The molecule has 3 amide bonds. The van der Waals surface area contributed by atoms with Crippen LogP contribution in [0.1, 0.15) is 35.2 Å². The fourth-order valence-electron chi connectivity index (χ4n) is 4.91. The predicted molar refractivity (Wildman–Crippen MR) is 131 cm³/mol. The number of amides is 3. The van der Waals surface area contributed by atoms with E-state index >= 15 is 0 Å². The summed E-state index contributed by atoms with van der Waals surface area (Å²) in [6.45, 7) is 5.13. The Hall–Kier alpha value is -2.27. The minimum Gasteiger partial charge on any atom is -0.492 e. The molecule has 1 aromatic rings. The van der Waals surface area contributed by atoms with Crippen LogP contribution in [-0.2, 0) is 11.2 Å². The molecule has 0 radical (unpaired) electrons. The van der Waals surface area contributed by atoms with Crippen molar-refractivity contribution in [2.45, 2.75) is 37.8 Å². The number of nitrogens with one attached hydrogen (secondary N) is 1. The molecule has 0 bridgehead atoms. The second kappa shape index (κ2) is 11.4. The second-order valence-electron chi connectivity index (χ2n) is 9.07. The van der Waals surface area contributed by atoms with E-state index in [1.807, 2.05) is 11.9 Å². The quantitative estimate of drug-likeness (QED) is 0.563. The van der Waals surface area contributed by atoms with Crippen molar-refractivity contribution >= 4 is 29.2 Å². The molecule has 0 aromatic heterocycles. The topological polar surface area (TPSA) is 132 Å². The van der Waals surface area contributed by atoms with Gasteiger partial charge in [0.1, 0.15) is 5.75 Å². The average Bonchev–Trinajstić information content (AvgIpc) is 3.52. The van der Waals surface area contributed by atoms with Crippen molar-refractivity contribution in [1.82, 2.24) is 20.0 Å². The van der Waals surface area contributed by atoms with Crippen LogP contribution in [0.5, 0.6) is 5.75 Å². The number of benzene rings is 1. The third-order valence-electron chi connectivity index (χ3n) is 6.93. The Morgan fingerprint density at radius 1 is 1.32 bits per heavy atom. The minimum absolute atomic E-state index is 0. The first-order valence-electron chi connectivity index (χ1n) is 11.7. The van der Waals surface area contributed by atoms with Gasteiger partial charge in [-0.1, -0.05) is 11.6 Å². The predicted octanol–water partition coefficient (Wildman–Crippen LogP) is 0.999. The van der Waals surface area contributed by atoms with Crippen LogP contribution in [0.15, 0.2) is 6.07 Å². The van der Waals surface area contributed by atoms with Crippen molar-refractivity contribution < 1.29 is 24.5 Å². The van der Waals surface area contributed by atoms with Crippen LogP contribution in [0.4, 0.5) is 10.5 Å². The molecule has 2 saturated heterocycles. The number of nitrogen functional groups attached to an aromatic ring is 1. The molecule has 1 aromatic carbocycles. The fourth-order valence-corrected chi connectivity index (χ4v) is 5.13. The van der Waals surface area contributed by atoms with E-state index in [0.29, 0.717) is 48.1 Å². The highest BCUT2D eigenvalue weighted by Crippen LogP contribution is 2.38. The smallest absolute Gasteiger partial charge is 0.319 e. The number of fused-ring (bicyclic) bond motifs is 1. The van der Waals surface area contributed by atoms with Crippen LogP contribution in [-0.4, -0.2) is 104 Å². The van der Waals surface area contributed by atoms with Gasteiger partial charge >= 0.3 is 6.03 Å². The molecule has 4 rings (SSSR count). The number of piperidine rings is 1. The maximum absolute atomic E-state index is 13.1. The second-order valence-corrected chi connectivity index (χ2v) is 9.47. The number of halogens is 1. The molecule has 5 N–H and O–H groups in total. The number of hydrogen-bond acceptors (Lipinski definition) is 6. The van der Waals surface area contributed by atoms with Gasteiger partial charge in [-0.25, -0.2) is 4.79 Å². The molecule has 2 atom stereocenters. The molecule has 0 spiro atoms. The van der Waals surface area contributed by atoms with Gasteiger partial charge in [0.2, 0.25) is 0 Å². The van der Waals surface area contributed by atoms with E-state index in [4.69, 9.17) is 26.8 Å². The number of carbonyl (C=O) groups is 2. The number of rotatable bonds is 6. The molecule has 2 fully saturated rings. The van der Waals surface area contributed by atoms with Crippen LogP contribution in [0.2, 0.25) is 5.02 Å². The largest absolute Gasteiger partial charge is 0.492 e. The molecule has 0 saturated carbocycles. The number of ether oxygens (including phenoxy) is 2. The van der Waals surface area contributed by atoms with Gasteiger partial charge in [0, 0.05) is 65.4 Å². The zero-order valence-electron chi connectivity index (χ0n) is 19.9. The molecule has 3 aliphatic heterocycles. The maximum atomic E-state index is 13.1. The molecule has 3 heterocycles. The summed E-state index contributed by atoms with van der Waals surface area (Å²) in [4.78, 5) is 31.6. The highest BCUT2D eigenvalue weighted by molar-refractivity contribution is 6.33. The Kier molecular flexibility index (Phi) is 8.86. The highest BCUT2D eigenvalue weighted by atomic mass is 35.5. The van der Waals surface area contributed by atoms with Gasteiger partial charge in [0.05, 0.1) is 35.0 Å². The van der Waals surface area contributed by atoms with Crippen molar-refractivity contribution in [3.63, 3.8) is 0 Å². The van der Waals surface area contributed by atoms with Crippen LogP contribution in [0.25, 0.3) is 0 Å². The van der Waals surface area contributed by atoms with E-state index in [1.54, 1.807) is 18.1 Å². The summed E-state index contributed by atoms with van der Waals surface area (Å²) < 4.78 is 11.4. The molecular weight excluding hydrogens is 462 g/mol. The Morgan fingerprint density at radius 2 is 2.06 bits per heavy atom. The molecule has 3 aliphatic rings. The van der Waals surface area contributed by atoms with Crippen molar-refractivity contribution in [3.8, 4) is 5.75 Å². The summed E-state index contributed by atoms with van der Waals surface area (Å²) in [6.07, 6.45) is 3.42. The molecular formula is C23H36ClN5O5. The van der Waals surface area contributed by atoms with Crippen molar-refractivity contribution in [1.29, 1.82) is 0 Å². The number of anilines is 1. The van der Waals surface area contributed by atoms with E-state index in [1.165, 1.54) is 0 Å². The summed E-state index contributed by atoms with van der Waals surface area (Å²) in [6, 6.07) is 1.56. The molecule has 34 heavy (non-hydrogen) atoms. The Bertz CT molecular complexity index is 895. The lowest BCUT2D eigenvalue weighted by atomic mass is 10.00. The van der Waals surface area contributed by atoms with Crippen molar-refractivity contribution in [2.75, 3.05) is 65.8 Å². The molecule has 0 aliphatic carbocycles. The van der Waals surface area contributed by atoms with E-state index in [-0.39, 0.29) is 29.6 Å². The molecule has 190 valence electrons. The van der Waals surface area contributed by atoms with Crippen molar-refractivity contribution in [2.24, 2.45) is 0 Å². The fraction of sp³-hybridized carbons (Fsp3) is 0.652. The normalized spacial score (nSPS) is 22.0. The number of hydrogen-bond donors (Lipinski definition) is 2. The standard InChI is InChI=1S/C23H34ClN5O4.H2O/c1-27(23(31)29-7-3-4-8-29)10-11-28-9-5-18(19(14-28)32-2)26-22(30)16-13-17(24)20(25)15-6-12-33-21(15)16;/h13,18-19H,3-12,14,25H2,1-2H3,(H,26,30);1H2/t18-,19+;/m1./s1. The first kappa shape index (κ1) is 26.3. The lowest BCUT2D eigenvalue weighted by molar-refractivity contribution is 0.00501. The van der Waals surface area contributed by atoms with E-state index in [0.717, 1.165) is 51.0 Å². The third-order valence-corrected chi connectivity index (χ3v) is 7.25. The van der Waals surface area contributed by atoms with Gasteiger partial charge < -0.3 is 35.8 Å². The van der Waals surface area contributed by atoms with Gasteiger partial charge in [0.25, 0.3) is 5.91 Å². The van der Waals surface area contributed by atoms with Gasteiger partial charge in [-0.2, -0.15) is 0 Å². The van der Waals surface area contributed by atoms with Gasteiger partial charge in [-0.3, -0.25) is 9.69 Å².